The van der Waals surface area contributed by atoms with Crippen molar-refractivity contribution in [1.82, 2.24) is 5.32 Å². The summed E-state index contributed by atoms with van der Waals surface area (Å²) in [7, 11) is 4.48. The van der Waals surface area contributed by atoms with Gasteiger partial charge < -0.3 is 24.3 Å². The Bertz CT molecular complexity index is 897. The first kappa shape index (κ1) is 21.7. The molecule has 0 spiro atoms. The molecule has 0 unspecified atom stereocenters. The van der Waals surface area contributed by atoms with Gasteiger partial charge in [0.15, 0.2) is 18.1 Å². The van der Waals surface area contributed by atoms with E-state index in [1.807, 2.05) is 0 Å². The second kappa shape index (κ2) is 10.7. The molecule has 0 bridgehead atoms. The predicted molar refractivity (Wildman–Crippen MR) is 104 cm³/mol. The van der Waals surface area contributed by atoms with E-state index in [0.29, 0.717) is 28.4 Å². The van der Waals surface area contributed by atoms with Crippen molar-refractivity contribution >= 4 is 18.0 Å². The van der Waals surface area contributed by atoms with Gasteiger partial charge in [-0.3, -0.25) is 4.79 Å². The molecule has 2 aromatic carbocycles. The van der Waals surface area contributed by atoms with Gasteiger partial charge in [0.1, 0.15) is 11.6 Å². The summed E-state index contributed by atoms with van der Waals surface area (Å²) in [5, 5.41) is 2.48. The number of methoxy groups -OCH3 is 3. The van der Waals surface area contributed by atoms with E-state index in [9.17, 15) is 14.0 Å². The molecule has 0 aliphatic heterocycles. The van der Waals surface area contributed by atoms with E-state index in [1.165, 1.54) is 33.5 Å². The van der Waals surface area contributed by atoms with E-state index < -0.39 is 24.3 Å². The first-order chi connectivity index (χ1) is 14.0. The molecule has 0 radical (unpaired) electrons. The number of hydrogen-bond donors (Lipinski definition) is 1. The Morgan fingerprint density at radius 2 is 1.66 bits per heavy atom. The van der Waals surface area contributed by atoms with Gasteiger partial charge >= 0.3 is 5.97 Å². The van der Waals surface area contributed by atoms with Crippen molar-refractivity contribution in [3.8, 4) is 17.2 Å². The number of amides is 1. The number of carbonyl (C=O) groups excluding carboxylic acids is 2. The summed E-state index contributed by atoms with van der Waals surface area (Å²) in [4.78, 5) is 23.7. The van der Waals surface area contributed by atoms with E-state index >= 15 is 0 Å². The topological polar surface area (TPSA) is 83.1 Å². The molecule has 2 rings (SSSR count). The number of hydrogen-bond acceptors (Lipinski definition) is 6. The maximum atomic E-state index is 13.5. The van der Waals surface area contributed by atoms with Gasteiger partial charge in [0.05, 0.1) is 21.3 Å². The third kappa shape index (κ3) is 6.24. The fourth-order valence-electron chi connectivity index (χ4n) is 2.41. The first-order valence-electron chi connectivity index (χ1n) is 8.63. The van der Waals surface area contributed by atoms with Crippen molar-refractivity contribution in [2.75, 3.05) is 27.9 Å². The van der Waals surface area contributed by atoms with Crippen LogP contribution in [0.15, 0.2) is 42.5 Å². The third-order valence-corrected chi connectivity index (χ3v) is 3.91. The number of rotatable bonds is 9. The number of esters is 1. The zero-order valence-electron chi connectivity index (χ0n) is 16.4. The van der Waals surface area contributed by atoms with Crippen molar-refractivity contribution in [2.45, 2.75) is 6.54 Å². The molecule has 29 heavy (non-hydrogen) atoms. The lowest BCUT2D eigenvalue weighted by atomic mass is 10.1. The highest BCUT2D eigenvalue weighted by Gasteiger charge is 2.11. The van der Waals surface area contributed by atoms with Crippen LogP contribution < -0.4 is 19.5 Å². The summed E-state index contributed by atoms with van der Waals surface area (Å²) in [5.41, 5.74) is 0.902. The minimum Gasteiger partial charge on any atom is -0.496 e. The standard InChI is InChI=1S/C21H22FNO6/c1-26-17-11-19(28-3)18(27-2)10-14(17)8-9-21(25)29-13-20(24)23-12-15-6-4-5-7-16(15)22/h4-11H,12-13H2,1-3H3,(H,23,24)/b9-8+. The van der Waals surface area contributed by atoms with E-state index in [1.54, 1.807) is 30.3 Å². The molecule has 0 heterocycles. The van der Waals surface area contributed by atoms with E-state index in [-0.39, 0.29) is 6.54 Å². The first-order valence-corrected chi connectivity index (χ1v) is 8.63. The summed E-state index contributed by atoms with van der Waals surface area (Å²) in [5.74, 6) is -0.267. The zero-order valence-corrected chi connectivity index (χ0v) is 16.4. The monoisotopic (exact) mass is 403 g/mol. The van der Waals surface area contributed by atoms with Gasteiger partial charge in [0.2, 0.25) is 0 Å². The summed E-state index contributed by atoms with van der Waals surface area (Å²) in [6, 6.07) is 9.35. The van der Waals surface area contributed by atoms with Gasteiger partial charge in [-0.1, -0.05) is 18.2 Å². The van der Waals surface area contributed by atoms with Crippen molar-refractivity contribution in [2.24, 2.45) is 0 Å². The normalized spacial score (nSPS) is 10.5. The fourth-order valence-corrected chi connectivity index (χ4v) is 2.41. The zero-order chi connectivity index (χ0) is 21.2. The number of carbonyl (C=O) groups is 2. The van der Waals surface area contributed by atoms with Crippen molar-refractivity contribution < 1.29 is 32.9 Å². The fraction of sp³-hybridized carbons (Fsp3) is 0.238. The number of ether oxygens (including phenoxy) is 4. The van der Waals surface area contributed by atoms with Gasteiger partial charge in [-0.25, -0.2) is 9.18 Å². The Hall–Kier alpha value is -3.55. The molecule has 2 aromatic rings. The van der Waals surface area contributed by atoms with E-state index in [0.717, 1.165) is 6.08 Å². The van der Waals surface area contributed by atoms with Crippen LogP contribution in [0.5, 0.6) is 17.2 Å². The average Bonchev–Trinajstić information content (AvgIpc) is 2.74. The lowest BCUT2D eigenvalue weighted by Crippen LogP contribution is -2.28. The van der Waals surface area contributed by atoms with Crippen molar-refractivity contribution in [1.29, 1.82) is 0 Å². The molecule has 1 amide bonds. The van der Waals surface area contributed by atoms with Crippen LogP contribution >= 0.6 is 0 Å². The van der Waals surface area contributed by atoms with Crippen LogP contribution in [-0.4, -0.2) is 39.8 Å². The molecule has 154 valence electrons. The lowest BCUT2D eigenvalue weighted by molar-refractivity contribution is -0.143. The Kier molecular flexibility index (Phi) is 8.02. The second-order valence-electron chi connectivity index (χ2n) is 5.76. The largest absolute Gasteiger partial charge is 0.496 e. The van der Waals surface area contributed by atoms with Crippen molar-refractivity contribution in [3.63, 3.8) is 0 Å². The summed E-state index contributed by atoms with van der Waals surface area (Å²) < 4.78 is 34.1. The van der Waals surface area contributed by atoms with Crippen LogP contribution in [0.4, 0.5) is 4.39 Å². The summed E-state index contributed by atoms with van der Waals surface area (Å²) in [6.45, 7) is -0.484. The molecule has 1 N–H and O–H groups in total. The maximum absolute atomic E-state index is 13.5. The summed E-state index contributed by atoms with van der Waals surface area (Å²) in [6.07, 6.45) is 2.63. The highest BCUT2D eigenvalue weighted by Crippen LogP contribution is 2.35. The Morgan fingerprint density at radius 3 is 2.31 bits per heavy atom. The molecule has 0 saturated heterocycles. The SMILES string of the molecule is COc1cc(OC)c(OC)cc1/C=C/C(=O)OCC(=O)NCc1ccccc1F. The minimum atomic E-state index is -0.720. The maximum Gasteiger partial charge on any atom is 0.331 e. The summed E-state index contributed by atoms with van der Waals surface area (Å²) >= 11 is 0. The molecule has 0 atom stereocenters. The second-order valence-corrected chi connectivity index (χ2v) is 5.76. The Labute approximate surface area is 168 Å². The van der Waals surface area contributed by atoms with Crippen LogP contribution in [0.1, 0.15) is 11.1 Å². The van der Waals surface area contributed by atoms with Crippen molar-refractivity contribution in [3.05, 3.63) is 59.4 Å². The van der Waals surface area contributed by atoms with Crippen LogP contribution in [-0.2, 0) is 20.9 Å². The van der Waals surface area contributed by atoms with Gasteiger partial charge in [0.25, 0.3) is 5.91 Å². The minimum absolute atomic E-state index is 0.00172. The van der Waals surface area contributed by atoms with E-state index in [2.05, 4.69) is 5.32 Å². The smallest absolute Gasteiger partial charge is 0.331 e. The van der Waals surface area contributed by atoms with Crippen LogP contribution in [0.2, 0.25) is 0 Å². The lowest BCUT2D eigenvalue weighted by Gasteiger charge is -2.12. The van der Waals surface area contributed by atoms with E-state index in [4.69, 9.17) is 18.9 Å². The molecule has 0 saturated carbocycles. The Morgan fingerprint density at radius 1 is 1.00 bits per heavy atom. The molecule has 0 fully saturated rings. The number of benzene rings is 2. The van der Waals surface area contributed by atoms with Crippen LogP contribution in [0.25, 0.3) is 6.08 Å². The molecule has 0 aliphatic rings. The molecule has 0 aromatic heterocycles. The number of halogens is 1. The van der Waals surface area contributed by atoms with Gasteiger partial charge in [-0.05, 0) is 18.2 Å². The predicted octanol–water partition coefficient (Wildman–Crippen LogP) is 2.72. The van der Waals surface area contributed by atoms with Gasteiger partial charge in [-0.15, -0.1) is 0 Å². The Balaban J connectivity index is 1.91. The average molecular weight is 403 g/mol. The molecule has 7 nitrogen and oxygen atoms in total. The van der Waals surface area contributed by atoms with Crippen LogP contribution in [0, 0.1) is 5.82 Å². The van der Waals surface area contributed by atoms with Gasteiger partial charge in [0, 0.05) is 29.8 Å². The molecular formula is C21H22FNO6. The molecule has 0 aliphatic carbocycles. The quantitative estimate of drug-likeness (QED) is 0.512. The number of nitrogens with one attached hydrogen (secondary N) is 1. The van der Waals surface area contributed by atoms with Crippen LogP contribution in [0.3, 0.4) is 0 Å². The molecule has 8 heteroatoms. The highest BCUT2D eigenvalue weighted by atomic mass is 19.1. The highest BCUT2D eigenvalue weighted by molar-refractivity contribution is 5.89. The molecular weight excluding hydrogens is 381 g/mol. The van der Waals surface area contributed by atoms with Gasteiger partial charge in [-0.2, -0.15) is 0 Å². The third-order valence-electron chi connectivity index (χ3n) is 3.91.